The summed E-state index contributed by atoms with van der Waals surface area (Å²) in [7, 11) is 0. The Morgan fingerprint density at radius 2 is 2.11 bits per heavy atom. The van der Waals surface area contributed by atoms with E-state index in [-0.39, 0.29) is 15.6 Å². The molecule has 1 heterocycles. The molecular formula is C11H6F2N4OS. The van der Waals surface area contributed by atoms with E-state index in [1.165, 1.54) is 19.2 Å². The molecule has 1 aromatic carbocycles. The van der Waals surface area contributed by atoms with Crippen molar-refractivity contribution >= 4 is 17.1 Å². The number of nitriles is 1. The van der Waals surface area contributed by atoms with E-state index in [1.54, 1.807) is 0 Å². The summed E-state index contributed by atoms with van der Waals surface area (Å²) in [6.07, 6.45) is 1.50. The maximum absolute atomic E-state index is 13.7. The Labute approximate surface area is 110 Å². The molecule has 0 bridgehead atoms. The van der Waals surface area contributed by atoms with Gasteiger partial charge in [0.05, 0.1) is 0 Å². The predicted molar refractivity (Wildman–Crippen MR) is 62.5 cm³/mol. The molecule has 2 rings (SSSR count). The minimum absolute atomic E-state index is 0.0108. The largest absolute Gasteiger partial charge is 0.292 e. The average molecular weight is 280 g/mol. The monoisotopic (exact) mass is 280 g/mol. The summed E-state index contributed by atoms with van der Waals surface area (Å²) in [5.41, 5.74) is -0.472. The second kappa shape index (κ2) is 5.07. The van der Waals surface area contributed by atoms with Gasteiger partial charge in [-0.25, -0.2) is 8.78 Å². The second-order valence-electron chi connectivity index (χ2n) is 3.44. The molecule has 0 amide bonds. The molecule has 19 heavy (non-hydrogen) atoms. The van der Waals surface area contributed by atoms with Crippen molar-refractivity contribution in [2.45, 2.75) is 6.92 Å². The molecule has 8 heteroatoms. The highest BCUT2D eigenvalue weighted by Gasteiger charge is 2.17. The van der Waals surface area contributed by atoms with Gasteiger partial charge in [-0.05, 0) is 12.1 Å². The highest BCUT2D eigenvalue weighted by Crippen LogP contribution is 2.16. The molecule has 0 aliphatic carbocycles. The van der Waals surface area contributed by atoms with E-state index in [9.17, 15) is 13.6 Å². The molecule has 5 nitrogen and oxygen atoms in total. The molecule has 0 aliphatic rings. The van der Waals surface area contributed by atoms with Gasteiger partial charge in [-0.3, -0.25) is 4.79 Å². The molecule has 0 radical (unpaired) electrons. The van der Waals surface area contributed by atoms with E-state index in [2.05, 4.69) is 10.1 Å². The molecule has 0 spiro atoms. The fourth-order valence-electron chi connectivity index (χ4n) is 1.38. The third kappa shape index (κ3) is 2.41. The van der Waals surface area contributed by atoms with Crippen molar-refractivity contribution in [1.82, 2.24) is 9.78 Å². The van der Waals surface area contributed by atoms with Crippen molar-refractivity contribution in [3.8, 4) is 11.9 Å². The lowest BCUT2D eigenvalue weighted by atomic mass is 10.3. The molecule has 1 aromatic heterocycles. The Bertz CT molecular complexity index is 737. The lowest BCUT2D eigenvalue weighted by Gasteiger charge is -2.03. The van der Waals surface area contributed by atoms with Crippen LogP contribution >= 0.6 is 11.3 Å². The van der Waals surface area contributed by atoms with E-state index in [0.29, 0.717) is 0 Å². The zero-order valence-corrected chi connectivity index (χ0v) is 10.4. The number of Topliss-reactive ketones (excluding diaryl/α,β-unsaturated/α-hetero) is 1. The van der Waals surface area contributed by atoms with Crippen LogP contribution in [0, 0.1) is 23.1 Å². The summed E-state index contributed by atoms with van der Waals surface area (Å²) >= 11 is 0.784. The first-order chi connectivity index (χ1) is 9.04. The fourth-order valence-corrected chi connectivity index (χ4v) is 2.12. The summed E-state index contributed by atoms with van der Waals surface area (Å²) in [6, 6.07) is 3.30. The van der Waals surface area contributed by atoms with E-state index in [1.807, 2.05) is 0 Å². The van der Waals surface area contributed by atoms with Gasteiger partial charge in [-0.2, -0.15) is 15.0 Å². The van der Waals surface area contributed by atoms with Crippen molar-refractivity contribution < 1.29 is 13.6 Å². The SMILES string of the molecule is CC(=O)c1nn(-c2c(F)cccc2F)c(=NC#N)s1. The maximum atomic E-state index is 13.7. The first-order valence-electron chi connectivity index (χ1n) is 5.03. The number of ketones is 1. The summed E-state index contributed by atoms with van der Waals surface area (Å²) in [5.74, 6) is -2.10. The number of benzene rings is 1. The number of para-hydroxylation sites is 1. The molecule has 0 saturated carbocycles. The molecular weight excluding hydrogens is 274 g/mol. The van der Waals surface area contributed by atoms with Crippen LogP contribution in [0.3, 0.4) is 0 Å². The van der Waals surface area contributed by atoms with Gasteiger partial charge in [-0.15, -0.1) is 4.99 Å². The van der Waals surface area contributed by atoms with Gasteiger partial charge < -0.3 is 0 Å². The zero-order chi connectivity index (χ0) is 14.0. The summed E-state index contributed by atoms with van der Waals surface area (Å²) in [6.45, 7) is 1.26. The number of carbonyl (C=O) groups is 1. The maximum Gasteiger partial charge on any atom is 0.224 e. The van der Waals surface area contributed by atoms with Crippen molar-refractivity contribution in [1.29, 1.82) is 5.26 Å². The first kappa shape index (κ1) is 13.0. The van der Waals surface area contributed by atoms with Crippen LogP contribution in [0.5, 0.6) is 0 Å². The molecule has 0 atom stereocenters. The van der Waals surface area contributed by atoms with Gasteiger partial charge in [-0.1, -0.05) is 17.4 Å². The fraction of sp³-hybridized carbons (Fsp3) is 0.0909. The topological polar surface area (TPSA) is 71.0 Å². The number of aromatic nitrogens is 2. The molecule has 0 N–H and O–H groups in total. The minimum Gasteiger partial charge on any atom is -0.292 e. The van der Waals surface area contributed by atoms with Gasteiger partial charge in [0.15, 0.2) is 22.4 Å². The van der Waals surface area contributed by atoms with Crippen LogP contribution in [0.2, 0.25) is 0 Å². The number of hydrogen-bond acceptors (Lipinski definition) is 5. The van der Waals surface area contributed by atoms with Crippen molar-refractivity contribution in [3.63, 3.8) is 0 Å². The van der Waals surface area contributed by atoms with Crippen LogP contribution in [0.4, 0.5) is 8.78 Å². The quantitative estimate of drug-likeness (QED) is 0.622. The highest BCUT2D eigenvalue weighted by molar-refractivity contribution is 7.11. The van der Waals surface area contributed by atoms with E-state index in [4.69, 9.17) is 5.26 Å². The standard InChI is InChI=1S/C11H6F2N4OS/c1-6(18)10-16-17(11(19-10)15-5-14)9-7(12)3-2-4-8(9)13/h2-4H,1H3. The van der Waals surface area contributed by atoms with Crippen LogP contribution in [0.25, 0.3) is 5.69 Å². The lowest BCUT2D eigenvalue weighted by Crippen LogP contribution is -2.17. The lowest BCUT2D eigenvalue weighted by molar-refractivity contribution is 0.101. The summed E-state index contributed by atoms with van der Waals surface area (Å²) < 4.78 is 28.1. The average Bonchev–Trinajstić information content (AvgIpc) is 2.74. The normalized spacial score (nSPS) is 11.4. The predicted octanol–water partition coefficient (Wildman–Crippen LogP) is 1.80. The van der Waals surface area contributed by atoms with Crippen LogP contribution in [-0.4, -0.2) is 15.6 Å². The van der Waals surface area contributed by atoms with Crippen molar-refractivity contribution in [2.75, 3.05) is 0 Å². The third-order valence-electron chi connectivity index (χ3n) is 2.16. The Morgan fingerprint density at radius 1 is 1.47 bits per heavy atom. The van der Waals surface area contributed by atoms with Gasteiger partial charge in [0.25, 0.3) is 0 Å². The van der Waals surface area contributed by atoms with Gasteiger partial charge in [0.1, 0.15) is 5.69 Å². The van der Waals surface area contributed by atoms with E-state index in [0.717, 1.165) is 28.2 Å². The Hall–Kier alpha value is -2.40. The Balaban J connectivity index is 2.79. The van der Waals surface area contributed by atoms with Gasteiger partial charge in [0.2, 0.25) is 11.0 Å². The molecule has 0 saturated heterocycles. The number of nitrogens with zero attached hydrogens (tertiary/aromatic N) is 4. The van der Waals surface area contributed by atoms with Gasteiger partial charge in [0, 0.05) is 6.92 Å². The Kier molecular flexibility index (Phi) is 3.48. The molecule has 96 valence electrons. The van der Waals surface area contributed by atoms with E-state index < -0.39 is 17.3 Å². The second-order valence-corrected chi connectivity index (χ2v) is 4.40. The summed E-state index contributed by atoms with van der Waals surface area (Å²) in [4.78, 5) is 14.6. The third-order valence-corrected chi connectivity index (χ3v) is 3.17. The van der Waals surface area contributed by atoms with Crippen LogP contribution in [0.15, 0.2) is 23.2 Å². The van der Waals surface area contributed by atoms with Crippen LogP contribution in [0.1, 0.15) is 16.7 Å². The molecule has 0 unspecified atom stereocenters. The number of carbonyl (C=O) groups excluding carboxylic acids is 1. The molecule has 0 fully saturated rings. The van der Waals surface area contributed by atoms with Crippen LogP contribution < -0.4 is 4.80 Å². The Morgan fingerprint density at radius 3 is 2.63 bits per heavy atom. The molecule has 0 aliphatic heterocycles. The first-order valence-corrected chi connectivity index (χ1v) is 5.84. The van der Waals surface area contributed by atoms with Gasteiger partial charge >= 0.3 is 0 Å². The number of halogens is 2. The van der Waals surface area contributed by atoms with Crippen LogP contribution in [-0.2, 0) is 0 Å². The smallest absolute Gasteiger partial charge is 0.224 e. The number of hydrogen-bond donors (Lipinski definition) is 0. The highest BCUT2D eigenvalue weighted by atomic mass is 32.1. The minimum atomic E-state index is -0.861. The van der Waals surface area contributed by atoms with Crippen molar-refractivity contribution in [2.24, 2.45) is 4.99 Å². The summed E-state index contributed by atoms with van der Waals surface area (Å²) in [5, 5.41) is 12.3. The van der Waals surface area contributed by atoms with Crippen molar-refractivity contribution in [3.05, 3.63) is 39.6 Å². The molecule has 2 aromatic rings. The zero-order valence-electron chi connectivity index (χ0n) is 9.59. The van der Waals surface area contributed by atoms with E-state index >= 15 is 0 Å². The number of rotatable bonds is 2.